The van der Waals surface area contributed by atoms with Crippen LogP contribution in [-0.2, 0) is 24.2 Å². The molecule has 0 radical (unpaired) electrons. The van der Waals surface area contributed by atoms with Crippen LogP contribution in [0.2, 0.25) is 0 Å². The van der Waals surface area contributed by atoms with E-state index < -0.39 is 0 Å². The lowest BCUT2D eigenvalue weighted by Crippen LogP contribution is -2.41. The molecule has 8 heteroatoms. The molecule has 0 saturated carbocycles. The second-order valence-electron chi connectivity index (χ2n) is 10.9. The van der Waals surface area contributed by atoms with Gasteiger partial charge in [0, 0.05) is 37.8 Å². The molecular formula is C33H36N4O4. The van der Waals surface area contributed by atoms with Crippen molar-refractivity contribution in [3.63, 3.8) is 0 Å². The number of hydrogen-bond donors (Lipinski definition) is 1. The SMILES string of the molecule is Cc1ccc(C2c3cc(OCc4nc(C(=O)NCCc5ccccn5)co4)ccc3CCN2C(=O)CC(C)C)cc1. The molecule has 212 valence electrons. The molecule has 8 nitrogen and oxygen atoms in total. The van der Waals surface area contributed by atoms with Crippen LogP contribution < -0.4 is 10.1 Å². The molecule has 2 aromatic carbocycles. The zero-order chi connectivity index (χ0) is 28.8. The fraction of sp³-hybridized carbons (Fsp3) is 0.333. The number of aryl methyl sites for hydroxylation is 1. The average Bonchev–Trinajstić information content (AvgIpc) is 3.45. The molecule has 3 heterocycles. The minimum atomic E-state index is -0.309. The summed E-state index contributed by atoms with van der Waals surface area (Å²) in [5, 5.41) is 2.84. The molecule has 0 bridgehead atoms. The monoisotopic (exact) mass is 552 g/mol. The number of pyridine rings is 1. The van der Waals surface area contributed by atoms with E-state index in [0.29, 0.717) is 37.6 Å². The van der Waals surface area contributed by atoms with Gasteiger partial charge in [0.2, 0.25) is 11.8 Å². The molecule has 0 fully saturated rings. The van der Waals surface area contributed by atoms with E-state index in [2.05, 4.69) is 66.4 Å². The van der Waals surface area contributed by atoms with Gasteiger partial charge in [0.15, 0.2) is 12.3 Å². The predicted molar refractivity (Wildman–Crippen MR) is 155 cm³/mol. The molecule has 2 aromatic heterocycles. The molecule has 5 rings (SSSR count). The van der Waals surface area contributed by atoms with Crippen LogP contribution in [0.1, 0.15) is 70.6 Å². The minimum Gasteiger partial charge on any atom is -0.484 e. The van der Waals surface area contributed by atoms with Crippen LogP contribution in [0, 0.1) is 12.8 Å². The summed E-state index contributed by atoms with van der Waals surface area (Å²) < 4.78 is 11.6. The molecule has 1 atom stereocenters. The lowest BCUT2D eigenvalue weighted by atomic mass is 9.87. The van der Waals surface area contributed by atoms with Crippen molar-refractivity contribution in [3.05, 3.63) is 113 Å². The third-order valence-electron chi connectivity index (χ3n) is 7.18. The van der Waals surface area contributed by atoms with E-state index in [-0.39, 0.29) is 36.1 Å². The Kier molecular flexibility index (Phi) is 8.77. The van der Waals surface area contributed by atoms with Crippen LogP contribution in [-0.4, -0.2) is 39.8 Å². The first-order chi connectivity index (χ1) is 19.9. The Labute approximate surface area is 240 Å². The van der Waals surface area contributed by atoms with E-state index in [4.69, 9.17) is 9.15 Å². The van der Waals surface area contributed by atoms with Crippen molar-refractivity contribution in [1.82, 2.24) is 20.2 Å². The van der Waals surface area contributed by atoms with E-state index in [1.807, 2.05) is 35.2 Å². The van der Waals surface area contributed by atoms with Crippen molar-refractivity contribution in [2.24, 2.45) is 5.92 Å². The van der Waals surface area contributed by atoms with Gasteiger partial charge in [0.05, 0.1) is 6.04 Å². The highest BCUT2D eigenvalue weighted by molar-refractivity contribution is 5.91. The summed E-state index contributed by atoms with van der Waals surface area (Å²) >= 11 is 0. The number of amides is 2. The second kappa shape index (κ2) is 12.8. The number of carbonyl (C=O) groups excluding carboxylic acids is 2. The van der Waals surface area contributed by atoms with E-state index in [1.54, 1.807) is 6.20 Å². The maximum absolute atomic E-state index is 13.3. The van der Waals surface area contributed by atoms with Crippen LogP contribution >= 0.6 is 0 Å². The first-order valence-corrected chi connectivity index (χ1v) is 14.1. The van der Waals surface area contributed by atoms with Crippen LogP contribution in [0.5, 0.6) is 5.75 Å². The summed E-state index contributed by atoms with van der Waals surface area (Å²) in [5.74, 6) is 1.09. The number of oxazole rings is 1. The number of hydrogen-bond acceptors (Lipinski definition) is 6. The van der Waals surface area contributed by atoms with Crippen molar-refractivity contribution >= 4 is 11.8 Å². The quantitative estimate of drug-likeness (QED) is 0.281. The number of carbonyl (C=O) groups is 2. The molecule has 0 aliphatic carbocycles. The van der Waals surface area contributed by atoms with Gasteiger partial charge in [-0.3, -0.25) is 14.6 Å². The Morgan fingerprint density at radius 3 is 2.71 bits per heavy atom. The molecule has 4 aromatic rings. The second-order valence-corrected chi connectivity index (χ2v) is 10.9. The van der Waals surface area contributed by atoms with Crippen molar-refractivity contribution in [3.8, 4) is 5.75 Å². The molecule has 1 N–H and O–H groups in total. The molecule has 1 aliphatic rings. The minimum absolute atomic E-state index is 0.0746. The Morgan fingerprint density at radius 1 is 1.12 bits per heavy atom. The van der Waals surface area contributed by atoms with Crippen LogP contribution in [0.15, 0.2) is 77.5 Å². The Balaban J connectivity index is 1.27. The van der Waals surface area contributed by atoms with Gasteiger partial charge < -0.3 is 19.4 Å². The summed E-state index contributed by atoms with van der Waals surface area (Å²) in [6, 6.07) is 19.9. The highest BCUT2D eigenvalue weighted by atomic mass is 16.5. The largest absolute Gasteiger partial charge is 0.484 e. The molecule has 2 amide bonds. The van der Waals surface area contributed by atoms with Gasteiger partial charge in [-0.15, -0.1) is 0 Å². The number of nitrogens with one attached hydrogen (secondary N) is 1. The Morgan fingerprint density at radius 2 is 1.95 bits per heavy atom. The fourth-order valence-corrected chi connectivity index (χ4v) is 5.09. The molecule has 0 saturated heterocycles. The Hall–Kier alpha value is -4.46. The number of aromatic nitrogens is 2. The van der Waals surface area contributed by atoms with Crippen LogP contribution in [0.25, 0.3) is 0 Å². The number of benzene rings is 2. The van der Waals surface area contributed by atoms with E-state index in [0.717, 1.165) is 23.2 Å². The summed E-state index contributed by atoms with van der Waals surface area (Å²) in [4.78, 5) is 36.4. The average molecular weight is 553 g/mol. The van der Waals surface area contributed by atoms with Crippen molar-refractivity contribution < 1.29 is 18.7 Å². The lowest BCUT2D eigenvalue weighted by Gasteiger charge is -2.38. The maximum atomic E-state index is 13.3. The smallest absolute Gasteiger partial charge is 0.273 e. The first-order valence-electron chi connectivity index (χ1n) is 14.1. The number of ether oxygens (including phenoxy) is 1. The normalized spacial score (nSPS) is 14.5. The summed E-state index contributed by atoms with van der Waals surface area (Å²) in [6.45, 7) is 7.41. The molecule has 1 unspecified atom stereocenters. The standard InChI is InChI=1S/C33H36N4O4/c1-22(2)18-31(38)37-17-14-24-11-12-27(19-28(24)32(37)25-9-7-23(3)8-10-25)40-21-30-36-29(20-41-30)33(39)35-16-13-26-6-4-5-15-34-26/h4-12,15,19-20,22,32H,13-14,16-18,21H2,1-3H3,(H,35,39). The zero-order valence-corrected chi connectivity index (χ0v) is 23.8. The zero-order valence-electron chi connectivity index (χ0n) is 23.8. The summed E-state index contributed by atoms with van der Waals surface area (Å²) in [5.41, 5.74) is 5.64. The predicted octanol–water partition coefficient (Wildman–Crippen LogP) is 5.45. The molecule has 1 aliphatic heterocycles. The maximum Gasteiger partial charge on any atom is 0.273 e. The van der Waals surface area contributed by atoms with Crippen LogP contribution in [0.3, 0.4) is 0 Å². The molecule has 41 heavy (non-hydrogen) atoms. The third kappa shape index (κ3) is 7.01. The number of rotatable bonds is 10. The van der Waals surface area contributed by atoms with E-state index in [1.165, 1.54) is 17.4 Å². The van der Waals surface area contributed by atoms with Gasteiger partial charge in [0.25, 0.3) is 5.91 Å². The summed E-state index contributed by atoms with van der Waals surface area (Å²) in [7, 11) is 0. The highest BCUT2D eigenvalue weighted by Crippen LogP contribution is 2.38. The fourth-order valence-electron chi connectivity index (χ4n) is 5.09. The number of nitrogens with zero attached hydrogens (tertiary/aromatic N) is 3. The molecule has 0 spiro atoms. The summed E-state index contributed by atoms with van der Waals surface area (Å²) in [6.07, 6.45) is 5.00. The van der Waals surface area contributed by atoms with Crippen molar-refractivity contribution in [1.29, 1.82) is 0 Å². The molecular weight excluding hydrogens is 516 g/mol. The lowest BCUT2D eigenvalue weighted by molar-refractivity contribution is -0.134. The first kappa shape index (κ1) is 28.1. The van der Waals surface area contributed by atoms with Gasteiger partial charge in [-0.25, -0.2) is 4.98 Å². The Bertz CT molecular complexity index is 1480. The van der Waals surface area contributed by atoms with E-state index in [9.17, 15) is 9.59 Å². The van der Waals surface area contributed by atoms with Gasteiger partial charge in [0.1, 0.15) is 12.0 Å². The van der Waals surface area contributed by atoms with Crippen molar-refractivity contribution in [2.75, 3.05) is 13.1 Å². The van der Waals surface area contributed by atoms with Gasteiger partial charge in [-0.2, -0.15) is 0 Å². The van der Waals surface area contributed by atoms with Crippen LogP contribution in [0.4, 0.5) is 0 Å². The van der Waals surface area contributed by atoms with Crippen molar-refractivity contribution in [2.45, 2.75) is 52.7 Å². The van der Waals surface area contributed by atoms with E-state index >= 15 is 0 Å². The van der Waals surface area contributed by atoms with Gasteiger partial charge >= 0.3 is 0 Å². The third-order valence-corrected chi connectivity index (χ3v) is 7.18. The topological polar surface area (TPSA) is 97.6 Å². The highest BCUT2D eigenvalue weighted by Gasteiger charge is 2.32. The van der Waals surface area contributed by atoms with Gasteiger partial charge in [-0.05, 0) is 60.2 Å². The number of fused-ring (bicyclic) bond motifs is 1. The van der Waals surface area contributed by atoms with Gasteiger partial charge in [-0.1, -0.05) is 55.8 Å².